The van der Waals surface area contributed by atoms with Crippen LogP contribution in [0, 0.1) is 10.1 Å². The van der Waals surface area contributed by atoms with Crippen molar-refractivity contribution in [2.75, 3.05) is 0 Å². The Bertz CT molecular complexity index is 471. The third-order valence-corrected chi connectivity index (χ3v) is 2.15. The number of nitrogens with two attached hydrogens (primary N) is 1. The van der Waals surface area contributed by atoms with Crippen LogP contribution in [0.15, 0.2) is 24.3 Å². The lowest BCUT2D eigenvalue weighted by atomic mass is 10.2. The molecule has 0 aliphatic carbocycles. The van der Waals surface area contributed by atoms with Crippen LogP contribution >= 0.6 is 0 Å². The van der Waals surface area contributed by atoms with Crippen LogP contribution in [0.2, 0.25) is 0 Å². The molecule has 0 heterocycles. The van der Waals surface area contributed by atoms with Crippen molar-refractivity contribution >= 4 is 15.9 Å². The predicted octanol–water partition coefficient (Wildman–Crippen LogP) is -0.112. The standard InChI is InChI=1S/C7H9N3O4S/c8-15(13,14)9-5-6-2-1-3-7(4-6)10(11)12/h1-4,9H,5H2,(H2,8,13,14). The quantitative estimate of drug-likeness (QED) is 0.555. The maximum Gasteiger partial charge on any atom is 0.274 e. The van der Waals surface area contributed by atoms with Crippen molar-refractivity contribution < 1.29 is 13.3 Å². The van der Waals surface area contributed by atoms with Gasteiger partial charge in [-0.2, -0.15) is 13.1 Å². The summed E-state index contributed by atoms with van der Waals surface area (Å²) in [6.45, 7) is -0.0689. The van der Waals surface area contributed by atoms with Crippen LogP contribution in [-0.4, -0.2) is 13.3 Å². The zero-order valence-electron chi connectivity index (χ0n) is 7.58. The van der Waals surface area contributed by atoms with Gasteiger partial charge in [-0.05, 0) is 5.56 Å². The summed E-state index contributed by atoms with van der Waals surface area (Å²) in [6, 6.07) is 5.63. The molecule has 0 unspecified atom stereocenters. The van der Waals surface area contributed by atoms with Gasteiger partial charge < -0.3 is 0 Å². The van der Waals surface area contributed by atoms with Crippen molar-refractivity contribution in [1.29, 1.82) is 0 Å². The molecule has 8 heteroatoms. The lowest BCUT2D eigenvalue weighted by molar-refractivity contribution is -0.384. The van der Waals surface area contributed by atoms with E-state index in [2.05, 4.69) is 0 Å². The van der Waals surface area contributed by atoms with Gasteiger partial charge in [0.1, 0.15) is 0 Å². The van der Waals surface area contributed by atoms with Gasteiger partial charge >= 0.3 is 0 Å². The van der Waals surface area contributed by atoms with Gasteiger partial charge in [-0.3, -0.25) is 10.1 Å². The lowest BCUT2D eigenvalue weighted by Gasteiger charge is -2.01. The molecule has 0 fully saturated rings. The number of rotatable bonds is 4. The molecule has 82 valence electrons. The van der Waals surface area contributed by atoms with E-state index in [9.17, 15) is 18.5 Å². The molecular weight excluding hydrogens is 222 g/mol. The summed E-state index contributed by atoms with van der Waals surface area (Å²) in [7, 11) is -3.78. The van der Waals surface area contributed by atoms with Crippen molar-refractivity contribution in [2.24, 2.45) is 5.14 Å². The monoisotopic (exact) mass is 231 g/mol. The van der Waals surface area contributed by atoms with Gasteiger partial charge in [-0.15, -0.1) is 0 Å². The molecule has 0 aliphatic rings. The Hall–Kier alpha value is -1.51. The molecule has 1 rings (SSSR count). The first-order chi connectivity index (χ1) is 6.88. The number of nitro groups is 1. The molecule has 0 spiro atoms. The Morgan fingerprint density at radius 2 is 2.13 bits per heavy atom. The Balaban J connectivity index is 2.79. The molecule has 0 amide bonds. The Labute approximate surface area is 86.2 Å². The Morgan fingerprint density at radius 1 is 1.47 bits per heavy atom. The molecule has 7 nitrogen and oxygen atoms in total. The molecule has 0 aliphatic heterocycles. The van der Waals surface area contributed by atoms with E-state index < -0.39 is 15.1 Å². The van der Waals surface area contributed by atoms with Crippen molar-refractivity contribution in [3.63, 3.8) is 0 Å². The molecule has 0 bridgehead atoms. The largest absolute Gasteiger partial charge is 0.274 e. The van der Waals surface area contributed by atoms with E-state index in [0.717, 1.165) is 0 Å². The fourth-order valence-corrected chi connectivity index (χ4v) is 1.33. The van der Waals surface area contributed by atoms with E-state index in [-0.39, 0.29) is 12.2 Å². The van der Waals surface area contributed by atoms with Crippen LogP contribution in [0.5, 0.6) is 0 Å². The number of hydrogen-bond acceptors (Lipinski definition) is 4. The number of hydrogen-bond donors (Lipinski definition) is 2. The first-order valence-electron chi connectivity index (χ1n) is 3.89. The van der Waals surface area contributed by atoms with E-state index in [1.54, 1.807) is 6.07 Å². The van der Waals surface area contributed by atoms with Crippen molar-refractivity contribution in [2.45, 2.75) is 6.54 Å². The predicted molar refractivity (Wildman–Crippen MR) is 53.0 cm³/mol. The molecule has 0 aromatic heterocycles. The average molecular weight is 231 g/mol. The summed E-state index contributed by atoms with van der Waals surface area (Å²) in [6.07, 6.45) is 0. The molecule has 1 aromatic rings. The number of benzene rings is 1. The van der Waals surface area contributed by atoms with E-state index in [4.69, 9.17) is 5.14 Å². The number of nitro benzene ring substituents is 1. The summed E-state index contributed by atoms with van der Waals surface area (Å²) in [5.41, 5.74) is 0.377. The lowest BCUT2D eigenvalue weighted by Crippen LogP contribution is -2.30. The minimum absolute atomic E-state index is 0.0689. The maximum atomic E-state index is 10.6. The van der Waals surface area contributed by atoms with Crippen LogP contribution < -0.4 is 9.86 Å². The molecule has 1 aromatic carbocycles. The summed E-state index contributed by atoms with van der Waals surface area (Å²) >= 11 is 0. The highest BCUT2D eigenvalue weighted by Crippen LogP contribution is 2.12. The zero-order chi connectivity index (χ0) is 11.5. The minimum atomic E-state index is -3.78. The summed E-state index contributed by atoms with van der Waals surface area (Å²) < 4.78 is 23.1. The van der Waals surface area contributed by atoms with Crippen LogP contribution in [0.4, 0.5) is 5.69 Å². The van der Waals surface area contributed by atoms with E-state index >= 15 is 0 Å². The Kier molecular flexibility index (Phi) is 3.35. The highest BCUT2D eigenvalue weighted by atomic mass is 32.2. The van der Waals surface area contributed by atoms with Gasteiger partial charge in [0.05, 0.1) is 4.92 Å². The topological polar surface area (TPSA) is 115 Å². The van der Waals surface area contributed by atoms with E-state index in [1.165, 1.54) is 18.2 Å². The van der Waals surface area contributed by atoms with Gasteiger partial charge in [0, 0.05) is 18.7 Å². The normalized spacial score (nSPS) is 11.3. The molecular formula is C7H9N3O4S. The number of nitrogens with one attached hydrogen (secondary N) is 1. The molecule has 0 atom stereocenters. The van der Waals surface area contributed by atoms with Crippen molar-refractivity contribution in [3.05, 3.63) is 39.9 Å². The second-order valence-electron chi connectivity index (χ2n) is 2.79. The SMILES string of the molecule is NS(=O)(=O)NCc1cccc([N+](=O)[O-])c1. The van der Waals surface area contributed by atoms with Gasteiger partial charge in [0.15, 0.2) is 0 Å². The second kappa shape index (κ2) is 4.34. The third-order valence-electron chi connectivity index (χ3n) is 1.60. The molecule has 0 saturated carbocycles. The zero-order valence-corrected chi connectivity index (χ0v) is 8.40. The van der Waals surface area contributed by atoms with E-state index in [0.29, 0.717) is 5.56 Å². The summed E-state index contributed by atoms with van der Waals surface area (Å²) in [5, 5.41) is 15.1. The van der Waals surface area contributed by atoms with Crippen LogP contribution in [0.25, 0.3) is 0 Å². The minimum Gasteiger partial charge on any atom is -0.258 e. The van der Waals surface area contributed by atoms with Gasteiger partial charge in [0.2, 0.25) is 0 Å². The maximum absolute atomic E-state index is 10.6. The number of nitrogens with zero attached hydrogens (tertiary/aromatic N) is 1. The molecule has 15 heavy (non-hydrogen) atoms. The van der Waals surface area contributed by atoms with Crippen LogP contribution in [0.1, 0.15) is 5.56 Å². The number of non-ortho nitro benzene ring substituents is 1. The first kappa shape index (κ1) is 11.6. The summed E-state index contributed by atoms with van der Waals surface area (Å²) in [4.78, 5) is 9.84. The Morgan fingerprint density at radius 3 is 2.67 bits per heavy atom. The van der Waals surface area contributed by atoms with Crippen molar-refractivity contribution in [3.8, 4) is 0 Å². The molecule has 3 N–H and O–H groups in total. The highest BCUT2D eigenvalue weighted by Gasteiger charge is 2.07. The smallest absolute Gasteiger partial charge is 0.258 e. The fraction of sp³-hybridized carbons (Fsp3) is 0.143. The van der Waals surface area contributed by atoms with E-state index in [1.807, 2.05) is 4.72 Å². The van der Waals surface area contributed by atoms with Crippen molar-refractivity contribution in [1.82, 2.24) is 4.72 Å². The van der Waals surface area contributed by atoms with Gasteiger partial charge in [-0.25, -0.2) is 5.14 Å². The highest BCUT2D eigenvalue weighted by molar-refractivity contribution is 7.87. The molecule has 0 radical (unpaired) electrons. The molecule has 0 saturated heterocycles. The second-order valence-corrected chi connectivity index (χ2v) is 4.17. The fourth-order valence-electron chi connectivity index (χ4n) is 0.964. The van der Waals surface area contributed by atoms with Crippen LogP contribution in [0.3, 0.4) is 0 Å². The first-order valence-corrected chi connectivity index (χ1v) is 5.44. The van der Waals surface area contributed by atoms with Gasteiger partial charge in [-0.1, -0.05) is 12.1 Å². The van der Waals surface area contributed by atoms with Gasteiger partial charge in [0.25, 0.3) is 15.9 Å². The average Bonchev–Trinajstić information content (AvgIpc) is 2.14. The van der Waals surface area contributed by atoms with Crippen LogP contribution in [-0.2, 0) is 16.8 Å². The summed E-state index contributed by atoms with van der Waals surface area (Å²) in [5.74, 6) is 0. The third kappa shape index (κ3) is 4.02.